The van der Waals surface area contributed by atoms with E-state index < -0.39 is 18.9 Å². The number of aliphatic hydroxyl groups excluding tert-OH is 1. The number of hydrogen-bond donors (Lipinski definition) is 2. The summed E-state index contributed by atoms with van der Waals surface area (Å²) in [4.78, 5) is 0. The van der Waals surface area contributed by atoms with Gasteiger partial charge in [0.1, 0.15) is 5.75 Å². The highest BCUT2D eigenvalue weighted by Gasteiger charge is 2.29. The summed E-state index contributed by atoms with van der Waals surface area (Å²) in [6, 6.07) is 4.61. The molecule has 1 rings (SSSR count). The lowest BCUT2D eigenvalue weighted by Crippen LogP contribution is -2.22. The van der Waals surface area contributed by atoms with Crippen molar-refractivity contribution in [1.82, 2.24) is 0 Å². The van der Waals surface area contributed by atoms with Crippen LogP contribution in [0.1, 0.15) is 0 Å². The lowest BCUT2D eigenvalue weighted by Gasteiger charge is -2.17. The summed E-state index contributed by atoms with van der Waals surface area (Å²) in [5, 5.41) is 12.1. The van der Waals surface area contributed by atoms with Crippen molar-refractivity contribution in [1.29, 1.82) is 0 Å². The van der Waals surface area contributed by atoms with E-state index in [1.165, 1.54) is 6.07 Å². The quantitative estimate of drug-likeness (QED) is 0.762. The molecule has 0 saturated carbocycles. The van der Waals surface area contributed by atoms with E-state index in [1.807, 2.05) is 0 Å². The topological polar surface area (TPSA) is 41.5 Å². The maximum atomic E-state index is 12.1. The minimum absolute atomic E-state index is 0.0240. The first-order valence-corrected chi connectivity index (χ1v) is 6.62. The van der Waals surface area contributed by atoms with E-state index in [-0.39, 0.29) is 18.2 Å². The van der Waals surface area contributed by atoms with Gasteiger partial charge in [-0.05, 0) is 28.1 Å². The molecule has 0 aliphatic carbocycles. The van der Waals surface area contributed by atoms with E-state index in [1.54, 1.807) is 12.1 Å². The van der Waals surface area contributed by atoms with Crippen molar-refractivity contribution in [3.8, 4) is 5.75 Å². The van der Waals surface area contributed by atoms with Gasteiger partial charge < -0.3 is 15.2 Å². The smallest absolute Gasteiger partial charge is 0.422 e. The monoisotopic (exact) mass is 361 g/mol. The number of hydrogen-bond acceptors (Lipinski definition) is 3. The molecule has 0 radical (unpaired) electrons. The van der Waals surface area contributed by atoms with Crippen molar-refractivity contribution in [3.63, 3.8) is 0 Å². The van der Waals surface area contributed by atoms with Crippen LogP contribution in [-0.2, 0) is 0 Å². The molecule has 1 aromatic carbocycles. The van der Waals surface area contributed by atoms with Crippen LogP contribution in [0.2, 0.25) is 0 Å². The highest BCUT2D eigenvalue weighted by molar-refractivity contribution is 9.10. The number of para-hydroxylation sites is 1. The molecule has 3 nitrogen and oxygen atoms in total. The third-order valence-electron chi connectivity index (χ3n) is 2.06. The largest absolute Gasteiger partial charge is 0.482 e. The van der Waals surface area contributed by atoms with Gasteiger partial charge in [0.05, 0.1) is 17.7 Å². The molecule has 0 aromatic heterocycles. The number of rotatable bonds is 6. The van der Waals surface area contributed by atoms with E-state index in [4.69, 9.17) is 16.3 Å². The molecule has 0 aliphatic heterocycles. The fraction of sp³-hybridized carbons (Fsp3) is 0.455. The van der Waals surface area contributed by atoms with Gasteiger partial charge >= 0.3 is 6.18 Å². The zero-order valence-electron chi connectivity index (χ0n) is 9.68. The minimum atomic E-state index is -4.41. The van der Waals surface area contributed by atoms with Crippen LogP contribution < -0.4 is 10.1 Å². The van der Waals surface area contributed by atoms with Crippen LogP contribution >= 0.6 is 27.5 Å². The average molecular weight is 363 g/mol. The summed E-state index contributed by atoms with van der Waals surface area (Å²) in [6.45, 7) is -1.27. The number of benzene rings is 1. The summed E-state index contributed by atoms with van der Waals surface area (Å²) in [7, 11) is 0. The molecule has 0 fully saturated rings. The Balaban J connectivity index is 2.77. The van der Waals surface area contributed by atoms with E-state index >= 15 is 0 Å². The van der Waals surface area contributed by atoms with E-state index in [0.29, 0.717) is 10.2 Å². The molecular formula is C11H12BrClF3NO2. The number of alkyl halides is 4. The average Bonchev–Trinajstić information content (AvgIpc) is 2.33. The number of nitrogens with one attached hydrogen (secondary N) is 1. The molecule has 19 heavy (non-hydrogen) atoms. The van der Waals surface area contributed by atoms with Crippen molar-refractivity contribution in [2.75, 3.05) is 24.3 Å². The predicted molar refractivity (Wildman–Crippen MR) is 70.9 cm³/mol. The second-order valence-electron chi connectivity index (χ2n) is 3.71. The fourth-order valence-electron chi connectivity index (χ4n) is 1.23. The first-order valence-electron chi connectivity index (χ1n) is 5.29. The first kappa shape index (κ1) is 16.4. The molecule has 1 aromatic rings. The fourth-order valence-corrected chi connectivity index (χ4v) is 1.83. The van der Waals surface area contributed by atoms with Crippen molar-refractivity contribution < 1.29 is 23.0 Å². The minimum Gasteiger partial charge on any atom is -0.482 e. The van der Waals surface area contributed by atoms with Gasteiger partial charge in [-0.25, -0.2) is 0 Å². The van der Waals surface area contributed by atoms with Gasteiger partial charge in [0, 0.05) is 11.0 Å². The summed E-state index contributed by atoms with van der Waals surface area (Å²) in [6.07, 6.45) is -5.21. The molecule has 0 bridgehead atoms. The Morgan fingerprint density at radius 1 is 1.42 bits per heavy atom. The number of anilines is 1. The van der Waals surface area contributed by atoms with Crippen LogP contribution in [-0.4, -0.2) is 36.4 Å². The van der Waals surface area contributed by atoms with Crippen molar-refractivity contribution in [3.05, 3.63) is 22.7 Å². The SMILES string of the molecule is OC(CCl)CNc1c(Br)cccc1OCC(F)(F)F. The van der Waals surface area contributed by atoms with Gasteiger partial charge in [-0.2, -0.15) is 13.2 Å². The zero-order chi connectivity index (χ0) is 14.5. The van der Waals surface area contributed by atoms with Crippen LogP contribution in [0.4, 0.5) is 18.9 Å². The van der Waals surface area contributed by atoms with E-state index in [9.17, 15) is 18.3 Å². The molecule has 0 heterocycles. The highest BCUT2D eigenvalue weighted by atomic mass is 79.9. The number of halogens is 5. The van der Waals surface area contributed by atoms with Crippen LogP contribution in [0.25, 0.3) is 0 Å². The Labute approximate surface area is 121 Å². The van der Waals surface area contributed by atoms with Crippen molar-refractivity contribution >= 4 is 33.2 Å². The van der Waals surface area contributed by atoms with Gasteiger partial charge in [0.15, 0.2) is 6.61 Å². The van der Waals surface area contributed by atoms with Crippen LogP contribution in [0.15, 0.2) is 22.7 Å². The molecule has 2 N–H and O–H groups in total. The summed E-state index contributed by atoms with van der Waals surface area (Å²) in [5.41, 5.74) is 0.343. The third kappa shape index (κ3) is 5.88. The highest BCUT2D eigenvalue weighted by Crippen LogP contribution is 2.33. The maximum Gasteiger partial charge on any atom is 0.422 e. The Morgan fingerprint density at radius 2 is 2.11 bits per heavy atom. The van der Waals surface area contributed by atoms with Crippen molar-refractivity contribution in [2.24, 2.45) is 0 Å². The molecule has 8 heteroatoms. The molecule has 0 saturated heterocycles. The molecule has 108 valence electrons. The summed E-state index contributed by atoms with van der Waals surface area (Å²) < 4.78 is 41.6. The Morgan fingerprint density at radius 3 is 2.68 bits per heavy atom. The summed E-state index contributed by atoms with van der Waals surface area (Å²) >= 11 is 8.64. The predicted octanol–water partition coefficient (Wildman–Crippen LogP) is 3.40. The van der Waals surface area contributed by atoms with Crippen molar-refractivity contribution in [2.45, 2.75) is 12.3 Å². The Hall–Kier alpha value is -0.660. The lowest BCUT2D eigenvalue weighted by atomic mass is 10.2. The first-order chi connectivity index (χ1) is 8.83. The molecule has 0 aliphatic rings. The second kappa shape index (κ2) is 7.21. The molecule has 1 atom stereocenters. The molecule has 0 amide bonds. The summed E-state index contributed by atoms with van der Waals surface area (Å²) in [5.74, 6) is 0.0735. The number of aliphatic hydroxyl groups is 1. The molecule has 0 spiro atoms. The van der Waals surface area contributed by atoms with Crippen LogP contribution in [0, 0.1) is 0 Å². The van der Waals surface area contributed by atoms with Gasteiger partial charge in [-0.15, -0.1) is 11.6 Å². The van der Waals surface area contributed by atoms with Gasteiger partial charge in [-0.1, -0.05) is 6.07 Å². The molecule has 1 unspecified atom stereocenters. The van der Waals surface area contributed by atoms with E-state index in [0.717, 1.165) is 0 Å². The van der Waals surface area contributed by atoms with Gasteiger partial charge in [-0.3, -0.25) is 0 Å². The third-order valence-corrected chi connectivity index (χ3v) is 3.08. The zero-order valence-corrected chi connectivity index (χ0v) is 12.0. The second-order valence-corrected chi connectivity index (χ2v) is 4.87. The van der Waals surface area contributed by atoms with Crippen LogP contribution in [0.5, 0.6) is 5.75 Å². The van der Waals surface area contributed by atoms with Gasteiger partial charge in [0.2, 0.25) is 0 Å². The number of ether oxygens (including phenoxy) is 1. The normalized spacial score (nSPS) is 13.2. The van der Waals surface area contributed by atoms with E-state index in [2.05, 4.69) is 21.2 Å². The lowest BCUT2D eigenvalue weighted by molar-refractivity contribution is -0.153. The Kier molecular flexibility index (Phi) is 6.22. The Bertz CT molecular complexity index is 417. The maximum absolute atomic E-state index is 12.1. The standard InChI is InChI=1S/C11H12BrClF3NO2/c12-8-2-1-3-9(19-6-11(14,15)16)10(8)17-5-7(18)4-13/h1-3,7,17-18H,4-6H2. The van der Waals surface area contributed by atoms with Gasteiger partial charge in [0.25, 0.3) is 0 Å². The van der Waals surface area contributed by atoms with Crippen LogP contribution in [0.3, 0.4) is 0 Å². The molecular weight excluding hydrogens is 350 g/mol.